The number of hydrogen-bond donors (Lipinski definition) is 1. The predicted molar refractivity (Wildman–Crippen MR) is 124 cm³/mol. The van der Waals surface area contributed by atoms with Gasteiger partial charge >= 0.3 is 0 Å². The number of rotatable bonds is 7. The van der Waals surface area contributed by atoms with Gasteiger partial charge in [0.1, 0.15) is 11.3 Å². The van der Waals surface area contributed by atoms with E-state index >= 15 is 0 Å². The van der Waals surface area contributed by atoms with Crippen molar-refractivity contribution in [1.29, 1.82) is 0 Å². The largest absolute Gasteiger partial charge is 0.491 e. The Morgan fingerprint density at radius 3 is 2.68 bits per heavy atom. The molecule has 0 saturated heterocycles. The Balaban J connectivity index is 1.71. The van der Waals surface area contributed by atoms with Crippen molar-refractivity contribution in [3.63, 3.8) is 0 Å². The first-order chi connectivity index (χ1) is 14.8. The third-order valence-corrected chi connectivity index (χ3v) is 4.95. The van der Waals surface area contributed by atoms with Gasteiger partial charge in [0.25, 0.3) is 11.5 Å². The number of pyridine rings is 1. The molecular formula is C23H21Cl2N3O3. The Hall–Kier alpha value is -3.09. The standard InChI is InChI=1S/C23H21Cl2N3O3/c1-15(2)31-18-6-3-5-16(11-18)13-26-27-22(29)19-7-4-10-28(23(19)30)14-17-8-9-20(24)21(25)12-17/h3-13,15H,14H2,1-2H3,(H,27,29)/b26-13-. The number of carbonyl (C=O) groups excluding carboxylic acids is 1. The lowest BCUT2D eigenvalue weighted by Gasteiger charge is -2.09. The van der Waals surface area contributed by atoms with Crippen molar-refractivity contribution in [2.45, 2.75) is 26.5 Å². The summed E-state index contributed by atoms with van der Waals surface area (Å²) in [5.41, 5.74) is 3.48. The van der Waals surface area contributed by atoms with Crippen LogP contribution in [0.5, 0.6) is 5.75 Å². The molecule has 8 heteroatoms. The topological polar surface area (TPSA) is 72.7 Å². The van der Waals surface area contributed by atoms with Gasteiger partial charge in [-0.2, -0.15) is 5.10 Å². The SMILES string of the molecule is CC(C)Oc1cccc(/C=N\NC(=O)c2cccn(Cc3ccc(Cl)c(Cl)c3)c2=O)c1. The molecule has 3 aromatic rings. The number of nitrogens with zero attached hydrogens (tertiary/aromatic N) is 2. The zero-order valence-electron chi connectivity index (χ0n) is 17.0. The van der Waals surface area contributed by atoms with Crippen LogP contribution in [0, 0.1) is 0 Å². The monoisotopic (exact) mass is 457 g/mol. The van der Waals surface area contributed by atoms with Crippen LogP contribution in [0.15, 0.2) is 70.7 Å². The number of hydrazone groups is 1. The molecule has 0 aliphatic heterocycles. The van der Waals surface area contributed by atoms with Crippen LogP contribution >= 0.6 is 23.2 Å². The highest BCUT2D eigenvalue weighted by atomic mass is 35.5. The molecule has 0 aliphatic rings. The predicted octanol–water partition coefficient (Wildman–Crippen LogP) is 4.75. The molecule has 0 fully saturated rings. The molecule has 160 valence electrons. The maximum Gasteiger partial charge on any atom is 0.276 e. The highest BCUT2D eigenvalue weighted by Gasteiger charge is 2.12. The van der Waals surface area contributed by atoms with Crippen molar-refractivity contribution in [2.24, 2.45) is 5.10 Å². The summed E-state index contributed by atoms with van der Waals surface area (Å²) in [6.45, 7) is 4.13. The van der Waals surface area contributed by atoms with E-state index in [0.717, 1.165) is 11.1 Å². The van der Waals surface area contributed by atoms with Crippen LogP contribution in [0.25, 0.3) is 0 Å². The van der Waals surface area contributed by atoms with E-state index in [1.165, 1.54) is 16.8 Å². The van der Waals surface area contributed by atoms with E-state index in [-0.39, 0.29) is 18.2 Å². The van der Waals surface area contributed by atoms with Gasteiger partial charge in [0.05, 0.1) is 28.9 Å². The molecule has 1 heterocycles. The molecule has 31 heavy (non-hydrogen) atoms. The zero-order valence-corrected chi connectivity index (χ0v) is 18.5. The number of benzene rings is 2. The van der Waals surface area contributed by atoms with E-state index in [0.29, 0.717) is 15.8 Å². The second kappa shape index (κ2) is 10.3. The Labute approximate surface area is 190 Å². The Morgan fingerprint density at radius 1 is 1.13 bits per heavy atom. The van der Waals surface area contributed by atoms with Crippen molar-refractivity contribution in [3.8, 4) is 5.75 Å². The zero-order chi connectivity index (χ0) is 22.4. The molecule has 6 nitrogen and oxygen atoms in total. The van der Waals surface area contributed by atoms with Crippen molar-refractivity contribution < 1.29 is 9.53 Å². The molecule has 2 aromatic carbocycles. The van der Waals surface area contributed by atoms with E-state index in [4.69, 9.17) is 27.9 Å². The number of carbonyl (C=O) groups is 1. The van der Waals surface area contributed by atoms with Gasteiger partial charge in [0.2, 0.25) is 0 Å². The molecule has 0 radical (unpaired) electrons. The van der Waals surface area contributed by atoms with Crippen LogP contribution in [0.3, 0.4) is 0 Å². The molecule has 0 bridgehead atoms. The van der Waals surface area contributed by atoms with E-state index in [1.54, 1.807) is 30.5 Å². The fourth-order valence-electron chi connectivity index (χ4n) is 2.83. The summed E-state index contributed by atoms with van der Waals surface area (Å²) in [7, 11) is 0. The van der Waals surface area contributed by atoms with E-state index in [9.17, 15) is 9.59 Å². The van der Waals surface area contributed by atoms with Crippen LogP contribution in [-0.2, 0) is 6.54 Å². The summed E-state index contributed by atoms with van der Waals surface area (Å²) in [5.74, 6) is 0.109. The number of nitrogens with one attached hydrogen (secondary N) is 1. The van der Waals surface area contributed by atoms with Gasteiger partial charge in [0, 0.05) is 6.20 Å². The van der Waals surface area contributed by atoms with Gasteiger partial charge in [0.15, 0.2) is 0 Å². The van der Waals surface area contributed by atoms with E-state index in [1.807, 2.05) is 38.1 Å². The van der Waals surface area contributed by atoms with Gasteiger partial charge in [-0.3, -0.25) is 9.59 Å². The number of halogens is 2. The average molecular weight is 458 g/mol. The van der Waals surface area contributed by atoms with Gasteiger partial charge in [-0.15, -0.1) is 0 Å². The van der Waals surface area contributed by atoms with Crippen molar-refractivity contribution in [3.05, 3.63) is 97.9 Å². The van der Waals surface area contributed by atoms with Crippen molar-refractivity contribution >= 4 is 35.3 Å². The summed E-state index contributed by atoms with van der Waals surface area (Å²) >= 11 is 12.0. The average Bonchev–Trinajstić information content (AvgIpc) is 2.72. The first-order valence-corrected chi connectivity index (χ1v) is 10.3. The Kier molecular flexibility index (Phi) is 7.50. The van der Waals surface area contributed by atoms with Crippen molar-refractivity contribution in [1.82, 2.24) is 9.99 Å². The van der Waals surface area contributed by atoms with Crippen LogP contribution < -0.4 is 15.7 Å². The minimum atomic E-state index is -0.598. The number of aromatic nitrogens is 1. The summed E-state index contributed by atoms with van der Waals surface area (Å²) in [5, 5.41) is 4.79. The highest BCUT2D eigenvalue weighted by molar-refractivity contribution is 6.42. The van der Waals surface area contributed by atoms with Crippen molar-refractivity contribution in [2.75, 3.05) is 0 Å². The van der Waals surface area contributed by atoms with Gasteiger partial charge in [-0.05, 0) is 61.4 Å². The third-order valence-electron chi connectivity index (χ3n) is 4.21. The fraction of sp³-hybridized carbons (Fsp3) is 0.174. The lowest BCUT2D eigenvalue weighted by atomic mass is 10.2. The summed E-state index contributed by atoms with van der Waals surface area (Å²) in [6, 6.07) is 15.5. The minimum absolute atomic E-state index is 0.0170. The summed E-state index contributed by atoms with van der Waals surface area (Å²) < 4.78 is 7.06. The molecule has 3 rings (SSSR count). The number of ether oxygens (including phenoxy) is 1. The van der Waals surface area contributed by atoms with Crippen LogP contribution in [0.4, 0.5) is 0 Å². The molecule has 0 spiro atoms. The molecule has 0 atom stereocenters. The molecule has 0 saturated carbocycles. The number of amides is 1. The van der Waals surface area contributed by atoms with Gasteiger partial charge in [-0.1, -0.05) is 41.4 Å². The van der Waals surface area contributed by atoms with Crippen LogP contribution in [0.1, 0.15) is 35.3 Å². The molecule has 1 amide bonds. The van der Waals surface area contributed by atoms with Gasteiger partial charge < -0.3 is 9.30 Å². The smallest absolute Gasteiger partial charge is 0.276 e. The molecule has 1 aromatic heterocycles. The maximum absolute atomic E-state index is 12.7. The minimum Gasteiger partial charge on any atom is -0.491 e. The van der Waals surface area contributed by atoms with Gasteiger partial charge in [-0.25, -0.2) is 5.43 Å². The lowest BCUT2D eigenvalue weighted by Crippen LogP contribution is -2.30. The molecule has 0 aliphatic carbocycles. The van der Waals surface area contributed by atoms with Crippen LogP contribution in [-0.4, -0.2) is 22.8 Å². The summed E-state index contributed by atoms with van der Waals surface area (Å²) in [6.07, 6.45) is 3.14. The first kappa shape index (κ1) is 22.6. The normalized spacial score (nSPS) is 11.1. The Bertz CT molecular complexity index is 1170. The maximum atomic E-state index is 12.7. The lowest BCUT2D eigenvalue weighted by molar-refractivity contribution is 0.0953. The number of hydrogen-bond acceptors (Lipinski definition) is 4. The quantitative estimate of drug-likeness (QED) is 0.410. The molecular weight excluding hydrogens is 437 g/mol. The first-order valence-electron chi connectivity index (χ1n) is 9.57. The third kappa shape index (κ3) is 6.20. The summed E-state index contributed by atoms with van der Waals surface area (Å²) in [4.78, 5) is 25.2. The molecule has 1 N–H and O–H groups in total. The second-order valence-corrected chi connectivity index (χ2v) is 7.86. The Morgan fingerprint density at radius 2 is 1.94 bits per heavy atom. The van der Waals surface area contributed by atoms with Crippen LogP contribution in [0.2, 0.25) is 10.0 Å². The highest BCUT2D eigenvalue weighted by Crippen LogP contribution is 2.22. The second-order valence-electron chi connectivity index (χ2n) is 7.04. The molecule has 0 unspecified atom stereocenters. The fourth-order valence-corrected chi connectivity index (χ4v) is 3.16. The van der Waals surface area contributed by atoms with E-state index in [2.05, 4.69) is 10.5 Å². The van der Waals surface area contributed by atoms with E-state index < -0.39 is 11.5 Å².